The zero-order chi connectivity index (χ0) is 13.1. The van der Waals surface area contributed by atoms with Crippen LogP contribution in [-0.4, -0.2) is 22.6 Å². The molecule has 1 aromatic heterocycles. The van der Waals surface area contributed by atoms with Crippen molar-refractivity contribution in [1.29, 1.82) is 0 Å². The molecule has 0 atom stereocenters. The highest BCUT2D eigenvalue weighted by atomic mass is 15.1. The number of hydrogen-bond donors (Lipinski definition) is 2. The lowest BCUT2D eigenvalue weighted by Crippen LogP contribution is -2.35. The minimum absolute atomic E-state index is 0.107. The van der Waals surface area contributed by atoms with Crippen molar-refractivity contribution in [2.45, 2.75) is 52.6 Å². The molecular weight excluding hydrogens is 212 g/mol. The smallest absolute Gasteiger partial charge is 0.222 e. The fourth-order valence-corrected chi connectivity index (χ4v) is 1.54. The van der Waals surface area contributed by atoms with Gasteiger partial charge in [0, 0.05) is 30.9 Å². The predicted octanol–water partition coefficient (Wildman–Crippen LogP) is 2.53. The molecule has 17 heavy (non-hydrogen) atoms. The third kappa shape index (κ3) is 4.30. The van der Waals surface area contributed by atoms with Gasteiger partial charge in [0.25, 0.3) is 0 Å². The summed E-state index contributed by atoms with van der Waals surface area (Å²) < 4.78 is 0. The van der Waals surface area contributed by atoms with Gasteiger partial charge < -0.3 is 10.6 Å². The van der Waals surface area contributed by atoms with Gasteiger partial charge in [0.1, 0.15) is 0 Å². The van der Waals surface area contributed by atoms with Gasteiger partial charge in [-0.15, -0.1) is 0 Å². The van der Waals surface area contributed by atoms with E-state index in [2.05, 4.69) is 55.2 Å². The molecule has 1 aromatic rings. The third-order valence-electron chi connectivity index (χ3n) is 2.48. The first kappa shape index (κ1) is 13.9. The predicted molar refractivity (Wildman–Crippen MR) is 72.3 cm³/mol. The number of aromatic nitrogens is 2. The summed E-state index contributed by atoms with van der Waals surface area (Å²) in [5, 5.41) is 6.45. The lowest BCUT2D eigenvalue weighted by molar-refractivity contribution is 0.422. The summed E-state index contributed by atoms with van der Waals surface area (Å²) in [6, 6.07) is 0. The maximum absolute atomic E-state index is 4.53. The van der Waals surface area contributed by atoms with E-state index in [1.165, 1.54) is 5.56 Å². The molecule has 0 saturated heterocycles. The van der Waals surface area contributed by atoms with Crippen molar-refractivity contribution in [1.82, 2.24) is 15.3 Å². The van der Waals surface area contributed by atoms with E-state index in [-0.39, 0.29) is 5.54 Å². The van der Waals surface area contributed by atoms with Crippen LogP contribution in [0.4, 0.5) is 5.95 Å². The summed E-state index contributed by atoms with van der Waals surface area (Å²) in [6.45, 7) is 11.6. The van der Waals surface area contributed by atoms with Gasteiger partial charge in [0.05, 0.1) is 5.69 Å². The SMILES string of the molecule is CNc1ncc(CNC(C)(C)C)c(C(C)C)n1. The molecule has 1 rings (SSSR count). The minimum atomic E-state index is 0.107. The highest BCUT2D eigenvalue weighted by Gasteiger charge is 2.14. The Labute approximate surface area is 104 Å². The molecule has 4 nitrogen and oxygen atoms in total. The molecule has 0 amide bonds. The molecule has 0 saturated carbocycles. The van der Waals surface area contributed by atoms with Gasteiger partial charge in [-0.3, -0.25) is 0 Å². The highest BCUT2D eigenvalue weighted by Crippen LogP contribution is 2.18. The average Bonchev–Trinajstić information content (AvgIpc) is 2.25. The maximum Gasteiger partial charge on any atom is 0.222 e. The Bertz CT molecular complexity index is 366. The topological polar surface area (TPSA) is 49.8 Å². The second-order valence-corrected chi connectivity index (χ2v) is 5.61. The van der Waals surface area contributed by atoms with Gasteiger partial charge in [-0.25, -0.2) is 9.97 Å². The number of hydrogen-bond acceptors (Lipinski definition) is 4. The molecule has 4 heteroatoms. The Balaban J connectivity index is 2.91. The van der Waals surface area contributed by atoms with Crippen molar-refractivity contribution >= 4 is 5.95 Å². The van der Waals surface area contributed by atoms with Crippen molar-refractivity contribution in [3.05, 3.63) is 17.5 Å². The Kier molecular flexibility index (Phi) is 4.46. The Morgan fingerprint density at radius 3 is 2.41 bits per heavy atom. The van der Waals surface area contributed by atoms with Gasteiger partial charge >= 0.3 is 0 Å². The van der Waals surface area contributed by atoms with E-state index in [4.69, 9.17) is 0 Å². The van der Waals surface area contributed by atoms with Crippen LogP contribution in [0.3, 0.4) is 0 Å². The van der Waals surface area contributed by atoms with Crippen LogP contribution >= 0.6 is 0 Å². The summed E-state index contributed by atoms with van der Waals surface area (Å²) >= 11 is 0. The average molecular weight is 236 g/mol. The Morgan fingerprint density at radius 1 is 1.29 bits per heavy atom. The zero-order valence-electron chi connectivity index (χ0n) is 11.8. The van der Waals surface area contributed by atoms with Gasteiger partial charge in [-0.2, -0.15) is 0 Å². The van der Waals surface area contributed by atoms with Crippen LogP contribution in [0.25, 0.3) is 0 Å². The molecule has 0 aliphatic rings. The van der Waals surface area contributed by atoms with Gasteiger partial charge in [0.15, 0.2) is 0 Å². The van der Waals surface area contributed by atoms with Crippen molar-refractivity contribution in [3.63, 3.8) is 0 Å². The standard InChI is InChI=1S/C13H24N4/c1-9(2)11-10(8-16-13(3,4)5)7-15-12(14-6)17-11/h7,9,16H,8H2,1-6H3,(H,14,15,17). The normalized spacial score (nSPS) is 11.9. The molecule has 2 N–H and O–H groups in total. The maximum atomic E-state index is 4.53. The van der Waals surface area contributed by atoms with E-state index in [1.54, 1.807) is 0 Å². The van der Waals surface area contributed by atoms with Gasteiger partial charge in [-0.05, 0) is 26.7 Å². The molecule has 0 aliphatic heterocycles. The second kappa shape index (κ2) is 5.45. The second-order valence-electron chi connectivity index (χ2n) is 5.61. The van der Waals surface area contributed by atoms with Crippen LogP contribution in [-0.2, 0) is 6.54 Å². The molecule has 0 spiro atoms. The largest absolute Gasteiger partial charge is 0.357 e. The molecule has 0 aromatic carbocycles. The van der Waals surface area contributed by atoms with Crippen LogP contribution in [0.15, 0.2) is 6.20 Å². The van der Waals surface area contributed by atoms with Crippen molar-refractivity contribution < 1.29 is 0 Å². The van der Waals surface area contributed by atoms with E-state index >= 15 is 0 Å². The van der Waals surface area contributed by atoms with Crippen LogP contribution in [0.5, 0.6) is 0 Å². The fourth-order valence-electron chi connectivity index (χ4n) is 1.54. The monoisotopic (exact) mass is 236 g/mol. The molecule has 0 bridgehead atoms. The molecule has 1 heterocycles. The van der Waals surface area contributed by atoms with E-state index in [0.717, 1.165) is 12.2 Å². The quantitative estimate of drug-likeness (QED) is 0.843. The zero-order valence-corrected chi connectivity index (χ0v) is 11.8. The fraction of sp³-hybridized carbons (Fsp3) is 0.692. The Morgan fingerprint density at radius 2 is 1.94 bits per heavy atom. The van der Waals surface area contributed by atoms with Crippen LogP contribution in [0.2, 0.25) is 0 Å². The third-order valence-corrected chi connectivity index (χ3v) is 2.48. The van der Waals surface area contributed by atoms with Gasteiger partial charge in [0.2, 0.25) is 5.95 Å². The Hall–Kier alpha value is -1.16. The van der Waals surface area contributed by atoms with Crippen molar-refractivity contribution in [2.24, 2.45) is 0 Å². The summed E-state index contributed by atoms with van der Waals surface area (Å²) in [6.07, 6.45) is 1.91. The molecule has 0 fully saturated rings. The summed E-state index contributed by atoms with van der Waals surface area (Å²) in [4.78, 5) is 8.81. The van der Waals surface area contributed by atoms with E-state index in [9.17, 15) is 0 Å². The summed E-state index contributed by atoms with van der Waals surface area (Å²) in [5.74, 6) is 1.09. The number of nitrogens with zero attached hydrogens (tertiary/aromatic N) is 2. The molecule has 0 radical (unpaired) electrons. The van der Waals surface area contributed by atoms with Crippen LogP contribution < -0.4 is 10.6 Å². The first-order valence-corrected chi connectivity index (χ1v) is 6.12. The number of nitrogens with one attached hydrogen (secondary N) is 2. The molecule has 0 unspecified atom stereocenters. The number of anilines is 1. The molecule has 96 valence electrons. The van der Waals surface area contributed by atoms with E-state index in [1.807, 2.05) is 13.2 Å². The highest BCUT2D eigenvalue weighted by molar-refractivity contribution is 5.30. The first-order valence-electron chi connectivity index (χ1n) is 6.12. The van der Waals surface area contributed by atoms with Crippen molar-refractivity contribution in [3.8, 4) is 0 Å². The van der Waals surface area contributed by atoms with Gasteiger partial charge in [-0.1, -0.05) is 13.8 Å². The van der Waals surface area contributed by atoms with E-state index in [0.29, 0.717) is 11.9 Å². The summed E-state index contributed by atoms with van der Waals surface area (Å²) in [5.41, 5.74) is 2.39. The molecule has 0 aliphatic carbocycles. The summed E-state index contributed by atoms with van der Waals surface area (Å²) in [7, 11) is 1.84. The van der Waals surface area contributed by atoms with Crippen molar-refractivity contribution in [2.75, 3.05) is 12.4 Å². The molecular formula is C13H24N4. The lowest BCUT2D eigenvalue weighted by Gasteiger charge is -2.22. The lowest BCUT2D eigenvalue weighted by atomic mass is 10.0. The van der Waals surface area contributed by atoms with Crippen LogP contribution in [0.1, 0.15) is 51.8 Å². The van der Waals surface area contributed by atoms with Crippen LogP contribution in [0, 0.1) is 0 Å². The first-order chi connectivity index (χ1) is 7.83. The minimum Gasteiger partial charge on any atom is -0.357 e. The van der Waals surface area contributed by atoms with E-state index < -0.39 is 0 Å². The number of rotatable bonds is 4.